The molecule has 0 aromatic heterocycles. The predicted molar refractivity (Wildman–Crippen MR) is 79.1 cm³/mol. The van der Waals surface area contributed by atoms with Crippen molar-refractivity contribution in [3.8, 4) is 17.2 Å². The topological polar surface area (TPSA) is 93.1 Å². The minimum Gasteiger partial charge on any atom is -0.504 e. The van der Waals surface area contributed by atoms with Crippen molar-refractivity contribution in [3.63, 3.8) is 0 Å². The fourth-order valence-electron chi connectivity index (χ4n) is 2.44. The average Bonchev–Trinajstić information content (AvgIpc) is 2.43. The Hall–Kier alpha value is -1.47. The molecule has 0 radical (unpaired) electrons. The molecule has 0 heterocycles. The Morgan fingerprint density at radius 2 is 1.67 bits per heavy atom. The van der Waals surface area contributed by atoms with Crippen LogP contribution in [-0.4, -0.2) is 32.3 Å². The second-order valence-electron chi connectivity index (χ2n) is 4.77. The highest BCUT2D eigenvalue weighted by Crippen LogP contribution is 2.49. The molecule has 0 fully saturated rings. The van der Waals surface area contributed by atoms with Gasteiger partial charge in [0.05, 0.1) is 14.2 Å². The number of hydrogen-bond donors (Lipinski definition) is 2. The van der Waals surface area contributed by atoms with Crippen LogP contribution in [0.3, 0.4) is 0 Å². The van der Waals surface area contributed by atoms with Gasteiger partial charge >= 0.3 is 10.1 Å². The summed E-state index contributed by atoms with van der Waals surface area (Å²) in [5.41, 5.74) is 1.14. The summed E-state index contributed by atoms with van der Waals surface area (Å²) in [6, 6.07) is 0. The molecule has 0 aliphatic carbocycles. The molecule has 0 spiro atoms. The van der Waals surface area contributed by atoms with Crippen LogP contribution in [0.25, 0.3) is 0 Å². The van der Waals surface area contributed by atoms with Crippen LogP contribution in [0.15, 0.2) is 4.90 Å². The van der Waals surface area contributed by atoms with Gasteiger partial charge in [-0.25, -0.2) is 0 Å². The zero-order chi connectivity index (χ0) is 16.4. The predicted octanol–water partition coefficient (Wildman–Crippen LogP) is 2.73. The zero-order valence-electron chi connectivity index (χ0n) is 12.9. The SMILES string of the molecule is CCc1c(O)c(OC)c(S(=O)(=O)O)c(OC)c1C(C)CC. The van der Waals surface area contributed by atoms with Crippen LogP contribution in [0.2, 0.25) is 0 Å². The molecule has 6 nitrogen and oxygen atoms in total. The summed E-state index contributed by atoms with van der Waals surface area (Å²) in [5.74, 6) is -0.590. The first-order valence-electron chi connectivity index (χ1n) is 6.71. The van der Waals surface area contributed by atoms with E-state index in [4.69, 9.17) is 9.47 Å². The third-order valence-electron chi connectivity index (χ3n) is 3.61. The second-order valence-corrected chi connectivity index (χ2v) is 6.13. The smallest absolute Gasteiger partial charge is 0.302 e. The minimum atomic E-state index is -4.61. The van der Waals surface area contributed by atoms with Crippen molar-refractivity contribution in [3.05, 3.63) is 11.1 Å². The molecule has 0 amide bonds. The number of hydrogen-bond acceptors (Lipinski definition) is 5. The standard InChI is InChI=1S/C14H22O6S/c1-6-8(3)10-9(7-2)11(15)13(20-5)14(12(10)19-4)21(16,17)18/h8,15H,6-7H2,1-5H3,(H,16,17,18). The van der Waals surface area contributed by atoms with Gasteiger partial charge in [0.25, 0.3) is 0 Å². The van der Waals surface area contributed by atoms with Gasteiger partial charge in [0.2, 0.25) is 0 Å². The van der Waals surface area contributed by atoms with E-state index in [1.807, 2.05) is 20.8 Å². The van der Waals surface area contributed by atoms with Crippen LogP contribution in [0, 0.1) is 0 Å². The lowest BCUT2D eigenvalue weighted by molar-refractivity contribution is 0.336. The third-order valence-corrected chi connectivity index (χ3v) is 4.49. The molecule has 1 aromatic carbocycles. The summed E-state index contributed by atoms with van der Waals surface area (Å²) < 4.78 is 43.1. The van der Waals surface area contributed by atoms with Gasteiger partial charge < -0.3 is 14.6 Å². The van der Waals surface area contributed by atoms with Gasteiger partial charge in [-0.3, -0.25) is 4.55 Å². The van der Waals surface area contributed by atoms with Gasteiger partial charge in [-0.05, 0) is 18.8 Å². The lowest BCUT2D eigenvalue weighted by Gasteiger charge is -2.23. The first-order valence-corrected chi connectivity index (χ1v) is 8.15. The Morgan fingerprint density at radius 3 is 2.00 bits per heavy atom. The number of rotatable bonds is 6. The lowest BCUT2D eigenvalue weighted by atomic mass is 9.90. The molecular weight excluding hydrogens is 296 g/mol. The number of methoxy groups -OCH3 is 2. The molecule has 1 unspecified atom stereocenters. The van der Waals surface area contributed by atoms with Gasteiger partial charge in [-0.1, -0.05) is 20.8 Å². The zero-order valence-corrected chi connectivity index (χ0v) is 13.7. The van der Waals surface area contributed by atoms with E-state index in [0.717, 1.165) is 6.42 Å². The molecule has 7 heteroatoms. The summed E-state index contributed by atoms with van der Waals surface area (Å²) >= 11 is 0. The van der Waals surface area contributed by atoms with E-state index in [9.17, 15) is 18.1 Å². The molecule has 120 valence electrons. The van der Waals surface area contributed by atoms with E-state index in [1.165, 1.54) is 14.2 Å². The summed E-state index contributed by atoms with van der Waals surface area (Å²) in [7, 11) is -2.06. The van der Waals surface area contributed by atoms with Gasteiger partial charge in [-0.15, -0.1) is 0 Å². The van der Waals surface area contributed by atoms with Gasteiger partial charge in [-0.2, -0.15) is 8.42 Å². The molecule has 1 atom stereocenters. The number of aromatic hydroxyl groups is 1. The van der Waals surface area contributed by atoms with E-state index in [-0.39, 0.29) is 23.2 Å². The Balaban J connectivity index is 4.01. The molecule has 1 aromatic rings. The lowest BCUT2D eigenvalue weighted by Crippen LogP contribution is -2.11. The van der Waals surface area contributed by atoms with Crippen molar-refractivity contribution in [2.75, 3.05) is 14.2 Å². The molecule has 0 aliphatic rings. The fraction of sp³-hybridized carbons (Fsp3) is 0.571. The number of benzene rings is 1. The third kappa shape index (κ3) is 3.08. The monoisotopic (exact) mass is 318 g/mol. The van der Waals surface area contributed by atoms with Crippen molar-refractivity contribution in [1.29, 1.82) is 0 Å². The fourth-order valence-corrected chi connectivity index (χ4v) is 3.29. The van der Waals surface area contributed by atoms with Crippen molar-refractivity contribution in [2.24, 2.45) is 0 Å². The average molecular weight is 318 g/mol. The summed E-state index contributed by atoms with van der Waals surface area (Å²) in [5, 5.41) is 10.3. The molecule has 1 rings (SSSR count). The molecule has 21 heavy (non-hydrogen) atoms. The quantitative estimate of drug-likeness (QED) is 0.783. The molecule has 0 saturated carbocycles. The first-order chi connectivity index (χ1) is 9.74. The summed E-state index contributed by atoms with van der Waals surface area (Å²) in [6.07, 6.45) is 1.20. The van der Waals surface area contributed by atoms with Crippen LogP contribution in [-0.2, 0) is 16.5 Å². The molecule has 0 bridgehead atoms. The molecule has 0 saturated heterocycles. The highest BCUT2D eigenvalue weighted by Gasteiger charge is 2.32. The Morgan fingerprint density at radius 1 is 1.14 bits per heavy atom. The second kappa shape index (κ2) is 6.53. The van der Waals surface area contributed by atoms with E-state index >= 15 is 0 Å². The van der Waals surface area contributed by atoms with Crippen LogP contribution in [0.1, 0.15) is 44.2 Å². The Labute approximate surface area is 125 Å². The normalized spacial score (nSPS) is 13.0. The van der Waals surface area contributed by atoms with Gasteiger partial charge in [0.1, 0.15) is 5.75 Å². The minimum absolute atomic E-state index is 0.0263. The maximum absolute atomic E-state index is 11.7. The van der Waals surface area contributed by atoms with E-state index in [0.29, 0.717) is 17.5 Å². The van der Waals surface area contributed by atoms with Gasteiger partial charge in [0, 0.05) is 11.1 Å². The van der Waals surface area contributed by atoms with Crippen molar-refractivity contribution < 1.29 is 27.6 Å². The molecule has 0 aliphatic heterocycles. The highest BCUT2D eigenvalue weighted by molar-refractivity contribution is 7.86. The van der Waals surface area contributed by atoms with E-state index < -0.39 is 15.0 Å². The highest BCUT2D eigenvalue weighted by atomic mass is 32.2. The van der Waals surface area contributed by atoms with Crippen LogP contribution >= 0.6 is 0 Å². The van der Waals surface area contributed by atoms with Gasteiger partial charge in [0.15, 0.2) is 16.4 Å². The molecular formula is C14H22O6S. The van der Waals surface area contributed by atoms with E-state index in [1.54, 1.807) is 0 Å². The summed E-state index contributed by atoms with van der Waals surface area (Å²) in [6.45, 7) is 5.68. The molecule has 2 N–H and O–H groups in total. The number of phenols is 1. The number of ether oxygens (including phenoxy) is 2. The van der Waals surface area contributed by atoms with Crippen molar-refractivity contribution >= 4 is 10.1 Å². The Bertz CT molecular complexity index is 621. The summed E-state index contributed by atoms with van der Waals surface area (Å²) in [4.78, 5) is -0.530. The van der Waals surface area contributed by atoms with Crippen molar-refractivity contribution in [2.45, 2.75) is 44.4 Å². The first kappa shape index (κ1) is 17.6. The van der Waals surface area contributed by atoms with Crippen molar-refractivity contribution in [1.82, 2.24) is 0 Å². The van der Waals surface area contributed by atoms with Crippen LogP contribution in [0.4, 0.5) is 0 Å². The van der Waals surface area contributed by atoms with Crippen LogP contribution < -0.4 is 9.47 Å². The largest absolute Gasteiger partial charge is 0.504 e. The van der Waals surface area contributed by atoms with E-state index in [2.05, 4.69) is 0 Å². The van der Waals surface area contributed by atoms with Crippen LogP contribution in [0.5, 0.6) is 17.2 Å². The Kier molecular flexibility index (Phi) is 5.47. The maximum Gasteiger partial charge on any atom is 0.302 e. The maximum atomic E-state index is 11.7. The number of phenolic OH excluding ortho intramolecular Hbond substituents is 1.